The van der Waals surface area contributed by atoms with Crippen molar-refractivity contribution in [3.05, 3.63) is 47.2 Å². The van der Waals surface area contributed by atoms with Crippen LogP contribution in [0, 0.1) is 0 Å². The van der Waals surface area contributed by atoms with Crippen LogP contribution in [0.25, 0.3) is 11.1 Å². The number of hydrogen-bond donors (Lipinski definition) is 0. The highest BCUT2D eigenvalue weighted by atomic mass is 35.5. The molecule has 1 heterocycles. The lowest BCUT2D eigenvalue weighted by molar-refractivity contribution is 0.105. The van der Waals surface area contributed by atoms with Crippen LogP contribution < -0.4 is 0 Å². The molecule has 20 heavy (non-hydrogen) atoms. The number of hydrogen-bond acceptors (Lipinski definition) is 3. The highest BCUT2D eigenvalue weighted by molar-refractivity contribution is 6.35. The van der Waals surface area contributed by atoms with Gasteiger partial charge in [-0.2, -0.15) is 0 Å². The van der Waals surface area contributed by atoms with Crippen LogP contribution in [0.5, 0.6) is 0 Å². The number of aromatic nitrogens is 1. The van der Waals surface area contributed by atoms with E-state index >= 15 is 0 Å². The zero-order chi connectivity index (χ0) is 14.5. The van der Waals surface area contributed by atoms with Crippen molar-refractivity contribution in [1.29, 1.82) is 0 Å². The molecule has 1 radical (unpaired) electrons. The van der Waals surface area contributed by atoms with Gasteiger partial charge in [0.2, 0.25) is 0 Å². The fourth-order valence-corrected chi connectivity index (χ4v) is 2.23. The highest BCUT2D eigenvalue weighted by Gasteiger charge is 2.18. The molecule has 2 aromatic rings. The smallest absolute Gasteiger partial charge is 0.279 e. The Morgan fingerprint density at radius 1 is 1.40 bits per heavy atom. The molecular formula is C15H13ClNO3. The average Bonchev–Trinajstić information content (AvgIpc) is 2.88. The van der Waals surface area contributed by atoms with Gasteiger partial charge >= 0.3 is 0 Å². The van der Waals surface area contributed by atoms with Crippen LogP contribution >= 0.6 is 11.6 Å². The number of methoxy groups -OCH3 is 1. The second kappa shape index (κ2) is 6.50. The summed E-state index contributed by atoms with van der Waals surface area (Å²) in [4.78, 5) is 22.6. The van der Waals surface area contributed by atoms with Gasteiger partial charge in [0.15, 0.2) is 0 Å². The molecule has 1 aromatic carbocycles. The van der Waals surface area contributed by atoms with Gasteiger partial charge in [-0.15, -0.1) is 0 Å². The molecule has 0 aliphatic carbocycles. The molecule has 0 fully saturated rings. The summed E-state index contributed by atoms with van der Waals surface area (Å²) in [7, 11) is 1.58. The molecule has 103 valence electrons. The van der Waals surface area contributed by atoms with Crippen LogP contribution in [-0.4, -0.2) is 30.4 Å². The Labute approximate surface area is 121 Å². The van der Waals surface area contributed by atoms with Gasteiger partial charge in [-0.3, -0.25) is 9.59 Å². The van der Waals surface area contributed by atoms with Gasteiger partial charge < -0.3 is 9.30 Å². The molecule has 0 aliphatic rings. The number of benzene rings is 1. The molecule has 0 N–H and O–H groups in total. The zero-order valence-corrected chi connectivity index (χ0v) is 11.7. The van der Waals surface area contributed by atoms with Crippen molar-refractivity contribution in [2.45, 2.75) is 6.54 Å². The Kier molecular flexibility index (Phi) is 4.71. The van der Waals surface area contributed by atoms with Gasteiger partial charge in [0.25, 0.3) is 12.1 Å². The number of carbonyl (C=O) groups excluding carboxylic acids is 2. The number of halogens is 1. The Bertz CT molecular complexity index is 634. The number of nitrogens with zero attached hydrogens (tertiary/aromatic N) is 1. The molecule has 4 nitrogen and oxygen atoms in total. The van der Waals surface area contributed by atoms with Gasteiger partial charge in [0.1, 0.15) is 5.69 Å². The first-order valence-electron chi connectivity index (χ1n) is 6.04. The van der Waals surface area contributed by atoms with Gasteiger partial charge in [0, 0.05) is 30.4 Å². The minimum Gasteiger partial charge on any atom is -0.383 e. The molecule has 0 aliphatic heterocycles. The quantitative estimate of drug-likeness (QED) is 0.607. The lowest BCUT2D eigenvalue weighted by atomic mass is 10.0. The molecule has 1 aromatic heterocycles. The standard InChI is InChI=1S/C15H13ClNO3/c1-20-8-7-17-6-5-13(15(17)14(19)10-18)11-3-2-4-12(16)9-11/h2-6,9H,7-8H2,1H3. The van der Waals surface area contributed by atoms with Crippen molar-refractivity contribution in [2.24, 2.45) is 0 Å². The maximum absolute atomic E-state index is 11.8. The van der Waals surface area contributed by atoms with Crippen LogP contribution in [0.15, 0.2) is 36.5 Å². The Hall–Kier alpha value is -1.91. The summed E-state index contributed by atoms with van der Waals surface area (Å²) in [6.45, 7) is 0.933. The fourth-order valence-electron chi connectivity index (χ4n) is 2.04. The van der Waals surface area contributed by atoms with Crippen LogP contribution in [0.1, 0.15) is 10.5 Å². The summed E-state index contributed by atoms with van der Waals surface area (Å²) in [5.41, 5.74) is 1.75. The van der Waals surface area contributed by atoms with E-state index in [4.69, 9.17) is 16.3 Å². The number of rotatable bonds is 6. The minimum absolute atomic E-state index is 0.305. The third-order valence-corrected chi connectivity index (χ3v) is 3.18. The summed E-state index contributed by atoms with van der Waals surface area (Å²) in [5.74, 6) is -0.680. The molecule has 0 amide bonds. The van der Waals surface area contributed by atoms with Gasteiger partial charge in [-0.25, -0.2) is 0 Å². The molecule has 2 rings (SSSR count). The summed E-state index contributed by atoms with van der Waals surface area (Å²) in [6.07, 6.45) is 3.18. The number of carbonyl (C=O) groups is 1. The monoisotopic (exact) mass is 290 g/mol. The van der Waals surface area contributed by atoms with Crippen molar-refractivity contribution in [3.63, 3.8) is 0 Å². The number of Topliss-reactive ketones (excluding diaryl/α,β-unsaturated/α-hetero) is 1. The molecule has 5 heteroatoms. The third-order valence-electron chi connectivity index (χ3n) is 2.94. The first kappa shape index (κ1) is 14.5. The Morgan fingerprint density at radius 3 is 2.85 bits per heavy atom. The van der Waals surface area contributed by atoms with Crippen molar-refractivity contribution in [2.75, 3.05) is 13.7 Å². The van der Waals surface area contributed by atoms with E-state index in [0.717, 1.165) is 5.56 Å². The highest BCUT2D eigenvalue weighted by Crippen LogP contribution is 2.27. The van der Waals surface area contributed by atoms with Crippen molar-refractivity contribution >= 4 is 23.7 Å². The lowest BCUT2D eigenvalue weighted by Gasteiger charge is -2.08. The van der Waals surface area contributed by atoms with Gasteiger partial charge in [-0.1, -0.05) is 23.7 Å². The van der Waals surface area contributed by atoms with Crippen molar-refractivity contribution < 1.29 is 14.3 Å². The first-order chi connectivity index (χ1) is 9.67. The van der Waals surface area contributed by atoms with E-state index in [-0.39, 0.29) is 0 Å². The molecule has 0 saturated heterocycles. The molecule has 0 unspecified atom stereocenters. The second-order valence-corrected chi connectivity index (χ2v) is 4.64. The number of ether oxygens (including phenoxy) is 1. The predicted octanol–water partition coefficient (Wildman–Crippen LogP) is 2.75. The van der Waals surface area contributed by atoms with Crippen LogP contribution in [0.3, 0.4) is 0 Å². The third kappa shape index (κ3) is 2.98. The first-order valence-corrected chi connectivity index (χ1v) is 6.41. The topological polar surface area (TPSA) is 48.3 Å². The summed E-state index contributed by atoms with van der Waals surface area (Å²) < 4.78 is 6.68. The summed E-state index contributed by atoms with van der Waals surface area (Å²) in [5, 5.41) is 0.570. The van der Waals surface area contributed by atoms with E-state index < -0.39 is 5.78 Å². The van der Waals surface area contributed by atoms with Crippen molar-refractivity contribution in [1.82, 2.24) is 4.57 Å². The van der Waals surface area contributed by atoms with Crippen LogP contribution in [0.4, 0.5) is 0 Å². The molecule has 0 saturated carbocycles. The summed E-state index contributed by atoms with van der Waals surface area (Å²) >= 11 is 5.96. The van der Waals surface area contributed by atoms with Crippen molar-refractivity contribution in [3.8, 4) is 11.1 Å². The predicted molar refractivity (Wildman–Crippen MR) is 76.8 cm³/mol. The van der Waals surface area contributed by atoms with Crippen LogP contribution in [-0.2, 0) is 16.1 Å². The lowest BCUT2D eigenvalue weighted by Crippen LogP contribution is -2.13. The fraction of sp³-hybridized carbons (Fsp3) is 0.200. The van der Waals surface area contributed by atoms with E-state index in [9.17, 15) is 9.59 Å². The van der Waals surface area contributed by atoms with E-state index in [2.05, 4.69) is 0 Å². The Morgan fingerprint density at radius 2 is 2.20 bits per heavy atom. The largest absolute Gasteiger partial charge is 0.383 e. The number of ketones is 1. The average molecular weight is 291 g/mol. The van der Waals surface area contributed by atoms with Crippen LogP contribution in [0.2, 0.25) is 5.02 Å². The van der Waals surface area contributed by atoms with E-state index in [1.54, 1.807) is 42.1 Å². The normalized spacial score (nSPS) is 10.5. The molecular weight excluding hydrogens is 278 g/mol. The molecule has 0 spiro atoms. The summed E-state index contributed by atoms with van der Waals surface area (Å²) in [6, 6.07) is 8.91. The van der Waals surface area contributed by atoms with E-state index in [1.165, 1.54) is 6.29 Å². The second-order valence-electron chi connectivity index (χ2n) is 4.21. The zero-order valence-electron chi connectivity index (χ0n) is 10.9. The molecule has 0 atom stereocenters. The maximum Gasteiger partial charge on any atom is 0.279 e. The Balaban J connectivity index is 2.50. The van der Waals surface area contributed by atoms with E-state index in [1.807, 2.05) is 6.07 Å². The van der Waals surface area contributed by atoms with Gasteiger partial charge in [-0.05, 0) is 23.8 Å². The minimum atomic E-state index is -0.680. The molecule has 0 bridgehead atoms. The SMILES string of the molecule is COCCn1ccc(-c2cccc(Cl)c2)c1C(=O)[C]=O. The van der Waals surface area contributed by atoms with E-state index in [0.29, 0.717) is 29.4 Å². The maximum atomic E-state index is 11.8. The van der Waals surface area contributed by atoms with Gasteiger partial charge in [0.05, 0.1) is 6.61 Å².